The second kappa shape index (κ2) is 8.97. The average molecular weight is 399 g/mol. The van der Waals surface area contributed by atoms with Crippen molar-refractivity contribution in [2.75, 3.05) is 18.5 Å². The number of hydrogen-bond acceptors (Lipinski definition) is 5. The maximum Gasteiger partial charge on any atom is 0.310 e. The number of benzene rings is 2. The van der Waals surface area contributed by atoms with Crippen molar-refractivity contribution >= 4 is 22.4 Å². The molecule has 0 amide bonds. The van der Waals surface area contributed by atoms with Crippen LogP contribution in [0.4, 0.5) is 9.52 Å². The zero-order valence-corrected chi connectivity index (χ0v) is 17.0. The lowest BCUT2D eigenvalue weighted by molar-refractivity contribution is -0.146. The number of nitrogens with zero attached hydrogens (tertiary/aromatic N) is 1. The number of carbonyl (C=O) groups excluding carboxylic acids is 1. The zero-order chi connectivity index (χ0) is 20.1. The van der Waals surface area contributed by atoms with E-state index >= 15 is 0 Å². The predicted molar refractivity (Wildman–Crippen MR) is 112 cm³/mol. The summed E-state index contributed by atoms with van der Waals surface area (Å²) >= 11 is 1.56. The normalized spacial score (nSPS) is 11.9. The first kappa shape index (κ1) is 20.0. The summed E-state index contributed by atoms with van der Waals surface area (Å²) in [6.07, 6.45) is 0. The van der Waals surface area contributed by atoms with Gasteiger partial charge < -0.3 is 10.1 Å². The van der Waals surface area contributed by atoms with Crippen molar-refractivity contribution in [2.45, 2.75) is 20.8 Å². The van der Waals surface area contributed by atoms with Crippen LogP contribution in [0.25, 0.3) is 22.4 Å². The predicted octanol–water partition coefficient (Wildman–Crippen LogP) is 5.54. The molecule has 0 saturated heterocycles. The van der Waals surface area contributed by atoms with Crippen LogP contribution in [0.2, 0.25) is 0 Å². The molecule has 3 aromatic rings. The molecular formula is C22H23FN2O2S. The van der Waals surface area contributed by atoms with Crippen LogP contribution < -0.4 is 5.32 Å². The third kappa shape index (κ3) is 4.75. The Morgan fingerprint density at radius 2 is 1.68 bits per heavy atom. The van der Waals surface area contributed by atoms with Crippen molar-refractivity contribution in [3.63, 3.8) is 0 Å². The van der Waals surface area contributed by atoms with Gasteiger partial charge in [0.05, 0.1) is 18.2 Å². The van der Waals surface area contributed by atoms with Crippen molar-refractivity contribution in [3.05, 3.63) is 59.2 Å². The Balaban J connectivity index is 1.70. The number of halogens is 1. The number of nitrogens with one attached hydrogen (secondary N) is 1. The maximum absolute atomic E-state index is 13.1. The van der Waals surface area contributed by atoms with Gasteiger partial charge in [0, 0.05) is 17.0 Å². The van der Waals surface area contributed by atoms with Crippen LogP contribution in [0.1, 0.15) is 18.7 Å². The van der Waals surface area contributed by atoms with E-state index in [0.717, 1.165) is 32.4 Å². The second-order valence-electron chi connectivity index (χ2n) is 6.54. The SMILES string of the molecule is CCOC(=O)C(C)CNc1nc(-c2ccc(-c3ccc(F)cc3)cc2)c(C)s1. The summed E-state index contributed by atoms with van der Waals surface area (Å²) in [7, 11) is 0. The molecule has 0 spiro atoms. The lowest BCUT2D eigenvalue weighted by atomic mass is 10.0. The Bertz CT molecular complexity index is 936. The van der Waals surface area contributed by atoms with E-state index in [9.17, 15) is 9.18 Å². The number of carbonyl (C=O) groups is 1. The van der Waals surface area contributed by atoms with Gasteiger partial charge in [-0.25, -0.2) is 9.37 Å². The fourth-order valence-corrected chi connectivity index (χ4v) is 3.65. The summed E-state index contributed by atoms with van der Waals surface area (Å²) in [5.41, 5.74) is 3.93. The lowest BCUT2D eigenvalue weighted by Crippen LogP contribution is -2.22. The van der Waals surface area contributed by atoms with E-state index in [1.165, 1.54) is 12.1 Å². The standard InChI is InChI=1S/C22H23FN2O2S/c1-4-27-21(26)14(2)13-24-22-25-20(15(3)28-22)18-7-5-16(6-8-18)17-9-11-19(23)12-10-17/h5-12,14H,4,13H2,1-3H3,(H,24,25). The van der Waals surface area contributed by atoms with Crippen LogP contribution in [-0.2, 0) is 9.53 Å². The van der Waals surface area contributed by atoms with Gasteiger partial charge in [-0.3, -0.25) is 4.79 Å². The van der Waals surface area contributed by atoms with Gasteiger partial charge in [-0.05, 0) is 37.1 Å². The minimum atomic E-state index is -0.240. The van der Waals surface area contributed by atoms with Gasteiger partial charge in [-0.15, -0.1) is 11.3 Å². The van der Waals surface area contributed by atoms with Crippen LogP contribution >= 0.6 is 11.3 Å². The zero-order valence-electron chi connectivity index (χ0n) is 16.2. The van der Waals surface area contributed by atoms with E-state index in [4.69, 9.17) is 4.74 Å². The van der Waals surface area contributed by atoms with Crippen molar-refractivity contribution in [1.29, 1.82) is 0 Å². The molecule has 1 N–H and O–H groups in total. The van der Waals surface area contributed by atoms with Crippen LogP contribution in [0.3, 0.4) is 0 Å². The van der Waals surface area contributed by atoms with Crippen LogP contribution in [0, 0.1) is 18.7 Å². The summed E-state index contributed by atoms with van der Waals surface area (Å²) in [6, 6.07) is 14.5. The van der Waals surface area contributed by atoms with E-state index < -0.39 is 0 Å². The molecule has 146 valence electrons. The molecular weight excluding hydrogens is 375 g/mol. The van der Waals surface area contributed by atoms with Gasteiger partial charge >= 0.3 is 5.97 Å². The van der Waals surface area contributed by atoms with Crippen molar-refractivity contribution in [2.24, 2.45) is 5.92 Å². The van der Waals surface area contributed by atoms with E-state index in [1.54, 1.807) is 30.4 Å². The number of anilines is 1. The minimum Gasteiger partial charge on any atom is -0.466 e. The number of aryl methyl sites for hydroxylation is 1. The molecule has 3 rings (SSSR count). The van der Waals surface area contributed by atoms with Crippen LogP contribution in [-0.4, -0.2) is 24.1 Å². The monoisotopic (exact) mass is 398 g/mol. The Morgan fingerprint density at radius 1 is 1.11 bits per heavy atom. The molecule has 0 aliphatic heterocycles. The highest BCUT2D eigenvalue weighted by Gasteiger charge is 2.15. The number of rotatable bonds is 7. The average Bonchev–Trinajstić information content (AvgIpc) is 3.07. The second-order valence-corrected chi connectivity index (χ2v) is 7.75. The summed E-state index contributed by atoms with van der Waals surface area (Å²) < 4.78 is 18.1. The van der Waals surface area contributed by atoms with Gasteiger partial charge in [-0.1, -0.05) is 43.3 Å². The van der Waals surface area contributed by atoms with Crippen molar-refractivity contribution < 1.29 is 13.9 Å². The van der Waals surface area contributed by atoms with Crippen LogP contribution in [0.5, 0.6) is 0 Å². The minimum absolute atomic E-state index is 0.208. The molecule has 1 atom stereocenters. The molecule has 2 aromatic carbocycles. The fraction of sp³-hybridized carbons (Fsp3) is 0.273. The smallest absolute Gasteiger partial charge is 0.310 e. The number of thiazole rings is 1. The van der Waals surface area contributed by atoms with E-state index in [-0.39, 0.29) is 17.7 Å². The summed E-state index contributed by atoms with van der Waals surface area (Å²) in [5.74, 6) is -0.682. The number of aromatic nitrogens is 1. The largest absolute Gasteiger partial charge is 0.466 e. The summed E-state index contributed by atoms with van der Waals surface area (Å²) in [5, 5.41) is 4.01. The Kier molecular flexibility index (Phi) is 6.41. The van der Waals surface area contributed by atoms with Crippen LogP contribution in [0.15, 0.2) is 48.5 Å². The molecule has 28 heavy (non-hydrogen) atoms. The first-order valence-corrected chi connectivity index (χ1v) is 10.0. The molecule has 1 heterocycles. The summed E-state index contributed by atoms with van der Waals surface area (Å²) in [6.45, 7) is 6.53. The van der Waals surface area contributed by atoms with Gasteiger partial charge in [-0.2, -0.15) is 0 Å². The Hall–Kier alpha value is -2.73. The highest BCUT2D eigenvalue weighted by Crippen LogP contribution is 2.32. The third-order valence-electron chi connectivity index (χ3n) is 4.38. The molecule has 4 nitrogen and oxygen atoms in total. The van der Waals surface area contributed by atoms with Crippen molar-refractivity contribution in [3.8, 4) is 22.4 Å². The maximum atomic E-state index is 13.1. The molecule has 0 saturated carbocycles. The fourth-order valence-electron chi connectivity index (χ4n) is 2.81. The van der Waals surface area contributed by atoms with Crippen molar-refractivity contribution in [1.82, 2.24) is 4.98 Å². The quantitative estimate of drug-likeness (QED) is 0.531. The van der Waals surface area contributed by atoms with E-state index in [0.29, 0.717) is 13.2 Å². The van der Waals surface area contributed by atoms with Gasteiger partial charge in [0.1, 0.15) is 5.82 Å². The van der Waals surface area contributed by atoms with Gasteiger partial charge in [0.2, 0.25) is 0 Å². The highest BCUT2D eigenvalue weighted by molar-refractivity contribution is 7.16. The van der Waals surface area contributed by atoms with Gasteiger partial charge in [0.15, 0.2) is 5.13 Å². The Labute approximate surface area is 168 Å². The highest BCUT2D eigenvalue weighted by atomic mass is 32.1. The Morgan fingerprint density at radius 3 is 2.29 bits per heavy atom. The number of ether oxygens (including phenoxy) is 1. The molecule has 1 unspecified atom stereocenters. The molecule has 0 fully saturated rings. The van der Waals surface area contributed by atoms with E-state index in [1.807, 2.05) is 38.1 Å². The molecule has 0 aliphatic rings. The first-order chi connectivity index (χ1) is 13.5. The molecule has 1 aromatic heterocycles. The lowest BCUT2D eigenvalue weighted by Gasteiger charge is -2.10. The molecule has 0 aliphatic carbocycles. The first-order valence-electron chi connectivity index (χ1n) is 9.22. The summed E-state index contributed by atoms with van der Waals surface area (Å²) in [4.78, 5) is 17.5. The molecule has 0 radical (unpaired) electrons. The number of esters is 1. The molecule has 0 bridgehead atoms. The van der Waals surface area contributed by atoms with E-state index in [2.05, 4.69) is 10.3 Å². The van der Waals surface area contributed by atoms with Gasteiger partial charge in [0.25, 0.3) is 0 Å². The third-order valence-corrected chi connectivity index (χ3v) is 5.31. The molecule has 6 heteroatoms. The topological polar surface area (TPSA) is 51.2 Å². The number of hydrogen-bond donors (Lipinski definition) is 1.